The summed E-state index contributed by atoms with van der Waals surface area (Å²) in [5.41, 5.74) is 10.6. The van der Waals surface area contributed by atoms with E-state index >= 15 is 0 Å². The first-order valence-electron chi connectivity index (χ1n) is 7.61. The van der Waals surface area contributed by atoms with E-state index in [-0.39, 0.29) is 6.04 Å². The van der Waals surface area contributed by atoms with Crippen LogP contribution < -0.4 is 5.73 Å². The van der Waals surface area contributed by atoms with Crippen LogP contribution in [0.5, 0.6) is 0 Å². The summed E-state index contributed by atoms with van der Waals surface area (Å²) in [7, 11) is 2.29. The fourth-order valence-corrected chi connectivity index (χ4v) is 3.99. The van der Waals surface area contributed by atoms with Gasteiger partial charge in [0.1, 0.15) is 0 Å². The second kappa shape index (κ2) is 4.92. The van der Waals surface area contributed by atoms with E-state index in [0.717, 1.165) is 12.1 Å². The van der Waals surface area contributed by atoms with Crippen molar-refractivity contribution in [1.82, 2.24) is 4.90 Å². The predicted molar refractivity (Wildman–Crippen MR) is 80.1 cm³/mol. The average Bonchev–Trinajstić information content (AvgIpc) is 2.64. The summed E-state index contributed by atoms with van der Waals surface area (Å²) in [6, 6.07) is 8.51. The molecule has 3 rings (SSSR count). The molecule has 0 spiro atoms. The second-order valence-electron chi connectivity index (χ2n) is 6.65. The van der Waals surface area contributed by atoms with Crippen LogP contribution in [0.3, 0.4) is 0 Å². The molecule has 2 saturated heterocycles. The molecule has 2 aliphatic heterocycles. The number of rotatable bonds is 2. The van der Waals surface area contributed by atoms with Gasteiger partial charge in [0, 0.05) is 18.1 Å². The van der Waals surface area contributed by atoms with Gasteiger partial charge in [0.15, 0.2) is 0 Å². The Labute approximate surface area is 117 Å². The molecule has 104 valence electrons. The van der Waals surface area contributed by atoms with E-state index in [1.54, 1.807) is 0 Å². The van der Waals surface area contributed by atoms with Crippen molar-refractivity contribution < 1.29 is 0 Å². The van der Waals surface area contributed by atoms with Gasteiger partial charge >= 0.3 is 0 Å². The number of fused-ring (bicyclic) bond motifs is 2. The number of piperidine rings is 1. The van der Waals surface area contributed by atoms with Gasteiger partial charge in [-0.3, -0.25) is 0 Å². The minimum Gasteiger partial charge on any atom is -0.324 e. The van der Waals surface area contributed by atoms with E-state index in [9.17, 15) is 0 Å². The highest BCUT2D eigenvalue weighted by Gasteiger charge is 2.40. The number of hydrogen-bond donors (Lipinski definition) is 1. The maximum atomic E-state index is 6.57. The van der Waals surface area contributed by atoms with Gasteiger partial charge in [0.05, 0.1) is 0 Å². The molecule has 3 atom stereocenters. The molecule has 19 heavy (non-hydrogen) atoms. The van der Waals surface area contributed by atoms with Gasteiger partial charge in [-0.2, -0.15) is 0 Å². The van der Waals surface area contributed by atoms with Gasteiger partial charge in [-0.15, -0.1) is 0 Å². The van der Waals surface area contributed by atoms with Crippen LogP contribution in [0, 0.1) is 19.8 Å². The standard InChI is InChI=1S/C17H26N2/c1-11-4-5-13(8-12(11)2)17(18)14-9-15-6-7-16(10-14)19(15)3/h4-5,8,14-17H,6-7,9-10,18H2,1-3H3. The predicted octanol–water partition coefficient (Wildman–Crippen LogP) is 3.18. The summed E-state index contributed by atoms with van der Waals surface area (Å²) in [6.45, 7) is 4.35. The Morgan fingerprint density at radius 3 is 2.32 bits per heavy atom. The summed E-state index contributed by atoms with van der Waals surface area (Å²) in [4.78, 5) is 2.59. The zero-order valence-corrected chi connectivity index (χ0v) is 12.4. The van der Waals surface area contributed by atoms with Gasteiger partial charge in [0.2, 0.25) is 0 Å². The normalized spacial score (nSPS) is 32.5. The van der Waals surface area contributed by atoms with Crippen LogP contribution in [-0.2, 0) is 0 Å². The van der Waals surface area contributed by atoms with Crippen LogP contribution in [0.25, 0.3) is 0 Å². The van der Waals surface area contributed by atoms with Crippen LogP contribution in [0.1, 0.15) is 48.4 Å². The lowest BCUT2D eigenvalue weighted by Gasteiger charge is -2.39. The lowest BCUT2D eigenvalue weighted by molar-refractivity contribution is 0.121. The Morgan fingerprint density at radius 1 is 1.11 bits per heavy atom. The van der Waals surface area contributed by atoms with E-state index in [0.29, 0.717) is 5.92 Å². The molecule has 2 aliphatic rings. The first-order chi connectivity index (χ1) is 9.06. The zero-order valence-electron chi connectivity index (χ0n) is 12.4. The maximum Gasteiger partial charge on any atom is 0.0324 e. The molecule has 1 aromatic rings. The third-order valence-electron chi connectivity index (χ3n) is 5.56. The molecule has 2 N–H and O–H groups in total. The van der Waals surface area contributed by atoms with Gasteiger partial charge in [0.25, 0.3) is 0 Å². The molecule has 0 aliphatic carbocycles. The minimum absolute atomic E-state index is 0.219. The van der Waals surface area contributed by atoms with Crippen LogP contribution in [-0.4, -0.2) is 24.0 Å². The number of benzene rings is 1. The van der Waals surface area contributed by atoms with Crippen LogP contribution >= 0.6 is 0 Å². The van der Waals surface area contributed by atoms with Crippen molar-refractivity contribution in [2.45, 2.75) is 57.7 Å². The topological polar surface area (TPSA) is 29.3 Å². The lowest BCUT2D eigenvalue weighted by Crippen LogP contribution is -2.42. The van der Waals surface area contributed by atoms with Crippen molar-refractivity contribution in [3.8, 4) is 0 Å². The fourth-order valence-electron chi connectivity index (χ4n) is 3.99. The Hall–Kier alpha value is -0.860. The van der Waals surface area contributed by atoms with Crippen LogP contribution in [0.4, 0.5) is 0 Å². The van der Waals surface area contributed by atoms with Gasteiger partial charge in [-0.25, -0.2) is 0 Å². The number of nitrogens with zero attached hydrogens (tertiary/aromatic N) is 1. The number of nitrogens with two attached hydrogens (primary N) is 1. The highest BCUT2D eigenvalue weighted by molar-refractivity contribution is 5.32. The summed E-state index contributed by atoms with van der Waals surface area (Å²) in [5, 5.41) is 0. The van der Waals surface area contributed by atoms with Crippen molar-refractivity contribution in [2.75, 3.05) is 7.05 Å². The van der Waals surface area contributed by atoms with Crippen molar-refractivity contribution in [3.63, 3.8) is 0 Å². The maximum absolute atomic E-state index is 6.57. The van der Waals surface area contributed by atoms with E-state index in [1.165, 1.54) is 42.4 Å². The molecule has 0 amide bonds. The van der Waals surface area contributed by atoms with Crippen molar-refractivity contribution in [1.29, 1.82) is 0 Å². The van der Waals surface area contributed by atoms with Crippen molar-refractivity contribution in [2.24, 2.45) is 11.7 Å². The Balaban J connectivity index is 1.77. The molecule has 2 heteroatoms. The number of hydrogen-bond acceptors (Lipinski definition) is 2. The molecule has 2 bridgehead atoms. The third kappa shape index (κ3) is 2.32. The van der Waals surface area contributed by atoms with Crippen molar-refractivity contribution >= 4 is 0 Å². The van der Waals surface area contributed by atoms with E-state index in [4.69, 9.17) is 5.73 Å². The summed E-state index contributed by atoms with van der Waals surface area (Å²) >= 11 is 0. The molecule has 1 aromatic carbocycles. The number of aryl methyl sites for hydroxylation is 2. The Bertz CT molecular complexity index is 454. The molecule has 2 fully saturated rings. The molecular formula is C17H26N2. The molecule has 0 saturated carbocycles. The summed E-state index contributed by atoms with van der Waals surface area (Å²) in [6.07, 6.45) is 5.30. The first-order valence-corrected chi connectivity index (χ1v) is 7.61. The second-order valence-corrected chi connectivity index (χ2v) is 6.65. The molecule has 3 unspecified atom stereocenters. The average molecular weight is 258 g/mol. The molecule has 2 nitrogen and oxygen atoms in total. The monoisotopic (exact) mass is 258 g/mol. The highest BCUT2D eigenvalue weighted by atomic mass is 15.2. The van der Waals surface area contributed by atoms with Gasteiger partial charge < -0.3 is 10.6 Å². The van der Waals surface area contributed by atoms with Crippen LogP contribution in [0.2, 0.25) is 0 Å². The van der Waals surface area contributed by atoms with Gasteiger partial charge in [-0.1, -0.05) is 18.2 Å². The zero-order chi connectivity index (χ0) is 13.6. The summed E-state index contributed by atoms with van der Waals surface area (Å²) in [5.74, 6) is 0.663. The van der Waals surface area contributed by atoms with E-state index < -0.39 is 0 Å². The first kappa shape index (κ1) is 13.1. The highest BCUT2D eigenvalue weighted by Crippen LogP contribution is 2.41. The largest absolute Gasteiger partial charge is 0.324 e. The Kier molecular flexibility index (Phi) is 3.40. The molecule has 2 heterocycles. The third-order valence-corrected chi connectivity index (χ3v) is 5.56. The van der Waals surface area contributed by atoms with Crippen molar-refractivity contribution in [3.05, 3.63) is 34.9 Å². The van der Waals surface area contributed by atoms with E-state index in [2.05, 4.69) is 44.0 Å². The SMILES string of the molecule is Cc1ccc(C(N)C2CC3CCC(C2)N3C)cc1C. The quantitative estimate of drug-likeness (QED) is 0.883. The molecule has 0 aromatic heterocycles. The fraction of sp³-hybridized carbons (Fsp3) is 0.647. The van der Waals surface area contributed by atoms with E-state index in [1.807, 2.05) is 0 Å². The van der Waals surface area contributed by atoms with Crippen LogP contribution in [0.15, 0.2) is 18.2 Å². The minimum atomic E-state index is 0.219. The smallest absolute Gasteiger partial charge is 0.0324 e. The lowest BCUT2D eigenvalue weighted by atomic mass is 9.82. The summed E-state index contributed by atoms with van der Waals surface area (Å²) < 4.78 is 0. The van der Waals surface area contributed by atoms with Gasteiger partial charge in [-0.05, 0) is 69.2 Å². The molecule has 0 radical (unpaired) electrons. The Morgan fingerprint density at radius 2 is 1.74 bits per heavy atom. The molecular weight excluding hydrogens is 232 g/mol.